The lowest BCUT2D eigenvalue weighted by atomic mass is 10.1. The third-order valence-corrected chi connectivity index (χ3v) is 4.97. The molecule has 2 heterocycles. The van der Waals surface area contributed by atoms with Crippen LogP contribution in [0.5, 0.6) is 11.5 Å². The van der Waals surface area contributed by atoms with Crippen LogP contribution in [0.1, 0.15) is 37.8 Å². The van der Waals surface area contributed by atoms with Crippen LogP contribution in [0.4, 0.5) is 0 Å². The van der Waals surface area contributed by atoms with Gasteiger partial charge in [-0.1, -0.05) is 0 Å². The molecule has 2 atom stereocenters. The van der Waals surface area contributed by atoms with Crippen LogP contribution in [0.2, 0.25) is 0 Å². The second-order valence-electron chi connectivity index (χ2n) is 7.49. The van der Waals surface area contributed by atoms with Crippen molar-refractivity contribution in [3.8, 4) is 11.5 Å². The Morgan fingerprint density at radius 3 is 2.96 bits per heavy atom. The summed E-state index contributed by atoms with van der Waals surface area (Å²) in [6.45, 7) is 6.39. The predicted molar refractivity (Wildman–Crippen MR) is 104 cm³/mol. The van der Waals surface area contributed by atoms with Crippen LogP contribution in [-0.4, -0.2) is 61.6 Å². The molecule has 1 saturated heterocycles. The third kappa shape index (κ3) is 4.21. The number of carbonyl (C=O) groups is 1. The van der Waals surface area contributed by atoms with E-state index in [0.29, 0.717) is 12.6 Å². The molecule has 0 saturated carbocycles. The van der Waals surface area contributed by atoms with Crippen molar-refractivity contribution in [2.24, 2.45) is 0 Å². The lowest BCUT2D eigenvalue weighted by molar-refractivity contribution is -0.126. The van der Waals surface area contributed by atoms with E-state index in [4.69, 9.17) is 9.47 Å². The fraction of sp³-hybridized carbons (Fsp3) is 0.571. The van der Waals surface area contributed by atoms with E-state index >= 15 is 0 Å². The Balaban J connectivity index is 1.77. The largest absolute Gasteiger partial charge is 0.493 e. The molecular formula is C21H30N2O3. The molecular weight excluding hydrogens is 328 g/mol. The van der Waals surface area contributed by atoms with Crippen molar-refractivity contribution in [1.82, 2.24) is 9.80 Å². The van der Waals surface area contributed by atoms with Gasteiger partial charge in [0.15, 0.2) is 0 Å². The Morgan fingerprint density at radius 1 is 1.42 bits per heavy atom. The molecule has 142 valence electrons. The molecule has 0 unspecified atom stereocenters. The molecule has 1 amide bonds. The van der Waals surface area contributed by atoms with E-state index in [9.17, 15) is 4.79 Å². The van der Waals surface area contributed by atoms with Crippen LogP contribution >= 0.6 is 0 Å². The van der Waals surface area contributed by atoms with Gasteiger partial charge in [0, 0.05) is 42.8 Å². The van der Waals surface area contributed by atoms with Gasteiger partial charge in [-0.05, 0) is 59.0 Å². The first-order valence-corrected chi connectivity index (χ1v) is 9.57. The van der Waals surface area contributed by atoms with Crippen LogP contribution in [0.3, 0.4) is 0 Å². The van der Waals surface area contributed by atoms with Crippen molar-refractivity contribution in [1.29, 1.82) is 0 Å². The normalized spacial score (nSPS) is 22.1. The van der Waals surface area contributed by atoms with Crippen molar-refractivity contribution in [3.05, 3.63) is 29.3 Å². The predicted octanol–water partition coefficient (Wildman–Crippen LogP) is 2.97. The molecule has 1 aromatic carbocycles. The summed E-state index contributed by atoms with van der Waals surface area (Å²) in [6, 6.07) is 4.35. The van der Waals surface area contributed by atoms with Gasteiger partial charge in [-0.2, -0.15) is 0 Å². The van der Waals surface area contributed by atoms with E-state index in [0.717, 1.165) is 49.4 Å². The summed E-state index contributed by atoms with van der Waals surface area (Å²) in [5.74, 6) is 1.80. The Bertz CT molecular complexity index is 684. The summed E-state index contributed by atoms with van der Waals surface area (Å²) in [4.78, 5) is 16.8. The number of hydrogen-bond donors (Lipinski definition) is 0. The number of carbonyl (C=O) groups excluding carboxylic acids is 1. The highest BCUT2D eigenvalue weighted by atomic mass is 16.5. The molecule has 0 aromatic heterocycles. The van der Waals surface area contributed by atoms with Crippen LogP contribution in [0.15, 0.2) is 18.2 Å². The Kier molecular flexibility index (Phi) is 5.87. The summed E-state index contributed by atoms with van der Waals surface area (Å²) in [7, 11) is 4.10. The Labute approximate surface area is 156 Å². The SMILES string of the molecule is CCOc1cc2c(cc1/C=C\C(=O)N1CCC[C@@H]1CN(C)C)O[C@@H](C)C2. The zero-order valence-corrected chi connectivity index (χ0v) is 16.3. The molecule has 0 aliphatic carbocycles. The van der Waals surface area contributed by atoms with Gasteiger partial charge in [0.1, 0.15) is 17.6 Å². The molecule has 3 rings (SSSR count). The standard InChI is InChI=1S/C21H30N2O3/c1-5-25-19-13-17-11-15(2)26-20(17)12-16(19)8-9-21(24)23-10-6-7-18(23)14-22(3)4/h8-9,12-13,15,18H,5-7,10-11,14H2,1-4H3/b9-8-/t15-,18+/m0/s1. The highest BCUT2D eigenvalue weighted by Crippen LogP contribution is 2.35. The minimum absolute atomic E-state index is 0.0755. The zero-order chi connectivity index (χ0) is 18.7. The highest BCUT2D eigenvalue weighted by molar-refractivity contribution is 5.92. The first-order chi connectivity index (χ1) is 12.5. The number of benzene rings is 1. The number of nitrogens with zero attached hydrogens (tertiary/aromatic N) is 2. The van der Waals surface area contributed by atoms with Crippen molar-refractivity contribution in [3.63, 3.8) is 0 Å². The van der Waals surface area contributed by atoms with Crippen LogP contribution < -0.4 is 9.47 Å². The summed E-state index contributed by atoms with van der Waals surface area (Å²) in [5.41, 5.74) is 2.08. The lowest BCUT2D eigenvalue weighted by Crippen LogP contribution is -2.40. The molecule has 5 heteroatoms. The van der Waals surface area contributed by atoms with Crippen LogP contribution in [0.25, 0.3) is 6.08 Å². The molecule has 5 nitrogen and oxygen atoms in total. The number of hydrogen-bond acceptors (Lipinski definition) is 4. The van der Waals surface area contributed by atoms with Gasteiger partial charge in [-0.3, -0.25) is 4.79 Å². The highest BCUT2D eigenvalue weighted by Gasteiger charge is 2.28. The number of ether oxygens (including phenoxy) is 2. The van der Waals surface area contributed by atoms with Gasteiger partial charge in [-0.25, -0.2) is 0 Å². The summed E-state index contributed by atoms with van der Waals surface area (Å²) in [6.07, 6.45) is 6.79. The minimum atomic E-state index is 0.0755. The van der Waals surface area contributed by atoms with E-state index in [2.05, 4.69) is 32.0 Å². The van der Waals surface area contributed by atoms with Crippen molar-refractivity contribution >= 4 is 12.0 Å². The summed E-state index contributed by atoms with van der Waals surface area (Å²) >= 11 is 0. The number of likely N-dealkylation sites (tertiary alicyclic amines) is 1. The van der Waals surface area contributed by atoms with Gasteiger partial charge >= 0.3 is 0 Å². The van der Waals surface area contributed by atoms with Gasteiger partial charge < -0.3 is 19.3 Å². The third-order valence-electron chi connectivity index (χ3n) is 4.97. The van der Waals surface area contributed by atoms with Crippen molar-refractivity contribution in [2.45, 2.75) is 45.3 Å². The first-order valence-electron chi connectivity index (χ1n) is 9.57. The average molecular weight is 358 g/mol. The first kappa shape index (κ1) is 18.8. The molecule has 26 heavy (non-hydrogen) atoms. The van der Waals surface area contributed by atoms with E-state index in [-0.39, 0.29) is 12.0 Å². The number of rotatable bonds is 6. The van der Waals surface area contributed by atoms with E-state index in [1.807, 2.05) is 24.0 Å². The summed E-state index contributed by atoms with van der Waals surface area (Å²) in [5, 5.41) is 0. The zero-order valence-electron chi connectivity index (χ0n) is 16.3. The van der Waals surface area contributed by atoms with Crippen LogP contribution in [0, 0.1) is 0 Å². The van der Waals surface area contributed by atoms with Gasteiger partial charge in [0.2, 0.25) is 5.91 Å². The molecule has 2 aliphatic rings. The molecule has 0 N–H and O–H groups in total. The fourth-order valence-corrected chi connectivity index (χ4v) is 3.86. The number of amides is 1. The van der Waals surface area contributed by atoms with Crippen molar-refractivity contribution < 1.29 is 14.3 Å². The molecule has 1 fully saturated rings. The topological polar surface area (TPSA) is 42.0 Å². The van der Waals surface area contributed by atoms with Crippen molar-refractivity contribution in [2.75, 3.05) is 33.8 Å². The molecule has 0 bridgehead atoms. The minimum Gasteiger partial charge on any atom is -0.493 e. The maximum Gasteiger partial charge on any atom is 0.246 e. The van der Waals surface area contributed by atoms with E-state index in [1.165, 1.54) is 5.56 Å². The van der Waals surface area contributed by atoms with E-state index in [1.54, 1.807) is 6.08 Å². The van der Waals surface area contributed by atoms with Gasteiger partial charge in [0.25, 0.3) is 0 Å². The Hall–Kier alpha value is -2.01. The van der Waals surface area contributed by atoms with Gasteiger partial charge in [0.05, 0.1) is 6.61 Å². The maximum atomic E-state index is 12.7. The van der Waals surface area contributed by atoms with Gasteiger partial charge in [-0.15, -0.1) is 0 Å². The molecule has 0 spiro atoms. The maximum absolute atomic E-state index is 12.7. The molecule has 1 aromatic rings. The molecule has 2 aliphatic heterocycles. The fourth-order valence-electron chi connectivity index (χ4n) is 3.86. The second-order valence-corrected chi connectivity index (χ2v) is 7.49. The average Bonchev–Trinajstić information content (AvgIpc) is 3.17. The smallest absolute Gasteiger partial charge is 0.246 e. The summed E-state index contributed by atoms with van der Waals surface area (Å²) < 4.78 is 11.6. The van der Waals surface area contributed by atoms with E-state index < -0.39 is 0 Å². The number of likely N-dealkylation sites (N-methyl/N-ethyl adjacent to an activating group) is 1. The monoisotopic (exact) mass is 358 g/mol. The van der Waals surface area contributed by atoms with Crippen LogP contribution in [-0.2, 0) is 11.2 Å². The number of fused-ring (bicyclic) bond motifs is 1. The second kappa shape index (κ2) is 8.12. The Morgan fingerprint density at radius 2 is 2.23 bits per heavy atom. The quantitative estimate of drug-likeness (QED) is 0.733. The molecule has 0 radical (unpaired) electrons. The lowest BCUT2D eigenvalue weighted by Gasteiger charge is -2.26.